The van der Waals surface area contributed by atoms with Crippen molar-refractivity contribution in [2.75, 3.05) is 6.61 Å². The Kier molecular flexibility index (Phi) is 11.8. The molecule has 0 heterocycles. The van der Waals surface area contributed by atoms with E-state index in [-0.39, 0.29) is 41.4 Å². The number of rotatable bonds is 12. The summed E-state index contributed by atoms with van der Waals surface area (Å²) in [5.41, 5.74) is 5.97. The molecule has 10 nitrogen and oxygen atoms in total. The van der Waals surface area contributed by atoms with E-state index >= 15 is 0 Å². The Hall–Kier alpha value is -4.10. The number of halogens is 3. The molecule has 2 amide bonds. The number of nitrogens with one attached hydrogen (secondary N) is 1. The van der Waals surface area contributed by atoms with Gasteiger partial charge in [-0.3, -0.25) is 9.59 Å². The Labute approximate surface area is 222 Å². The lowest BCUT2D eigenvalue weighted by atomic mass is 10.00. The molecule has 210 valence electrons. The molecule has 0 aliphatic carbocycles. The normalized spacial score (nSPS) is 13.9. The lowest BCUT2D eigenvalue weighted by molar-refractivity contribution is -0.120. The van der Waals surface area contributed by atoms with Crippen LogP contribution in [0.1, 0.15) is 32.3 Å². The molecule has 2 aromatic carbocycles. The first-order chi connectivity index (χ1) is 18.4. The topological polar surface area (TPSA) is 164 Å². The van der Waals surface area contributed by atoms with Crippen LogP contribution in [0.2, 0.25) is 0 Å². The quantitative estimate of drug-likeness (QED) is 0.136. The van der Waals surface area contributed by atoms with Crippen LogP contribution in [0, 0.1) is 28.3 Å². The smallest absolute Gasteiger partial charge is 0.288 e. The van der Waals surface area contributed by atoms with Crippen molar-refractivity contribution in [3.8, 4) is 0 Å². The largest absolute Gasteiger partial charge is 0.475 e. The molecule has 0 bridgehead atoms. The zero-order valence-electron chi connectivity index (χ0n) is 21.2. The first kappa shape index (κ1) is 31.1. The Morgan fingerprint density at radius 1 is 1.05 bits per heavy atom. The SMILES string of the molecule is CC(C)C(C(=Nc1ccc(F)cc1)OC[C@@H](O)C[C@@H](O)CC(=O)N=O)=C(N)C(=O)NCc1cccc(F)c1F. The molecule has 0 aliphatic heterocycles. The third-order valence-corrected chi connectivity index (χ3v) is 5.34. The summed E-state index contributed by atoms with van der Waals surface area (Å²) in [6.07, 6.45) is -3.64. The maximum atomic E-state index is 14.0. The van der Waals surface area contributed by atoms with Gasteiger partial charge in [-0.25, -0.2) is 18.2 Å². The summed E-state index contributed by atoms with van der Waals surface area (Å²) in [5, 5.41) is 24.7. The number of nitrogens with two attached hydrogens (primary N) is 1. The van der Waals surface area contributed by atoms with Crippen LogP contribution in [0.3, 0.4) is 0 Å². The standard InChI is InChI=1S/C26H29F3N4O6/c1-14(2)22(24(30)25(37)31-12-15-4-3-5-20(28)23(15)29)26(32-17-8-6-16(27)7-9-17)39-13-19(35)10-18(34)11-21(36)33-38/h3-9,14,18-19,34-35H,10-13,30H2,1-2H3,(H,31,37)/t18-,19+/m1/s1. The van der Waals surface area contributed by atoms with Crippen molar-refractivity contribution in [3.63, 3.8) is 0 Å². The zero-order chi connectivity index (χ0) is 29.1. The molecule has 5 N–H and O–H groups in total. The number of hydrogen-bond acceptors (Lipinski definition) is 8. The average molecular weight is 551 g/mol. The van der Waals surface area contributed by atoms with E-state index in [0.29, 0.717) is 0 Å². The average Bonchev–Trinajstić information content (AvgIpc) is 2.88. The van der Waals surface area contributed by atoms with Gasteiger partial charge in [-0.2, -0.15) is 0 Å². The molecule has 0 spiro atoms. The minimum atomic E-state index is -1.37. The van der Waals surface area contributed by atoms with Gasteiger partial charge in [0.2, 0.25) is 5.90 Å². The van der Waals surface area contributed by atoms with Crippen LogP contribution >= 0.6 is 0 Å². The molecule has 2 atom stereocenters. The summed E-state index contributed by atoms with van der Waals surface area (Å²) in [5.74, 6) is -5.34. The third-order valence-electron chi connectivity index (χ3n) is 5.34. The van der Waals surface area contributed by atoms with Gasteiger partial charge in [0.25, 0.3) is 11.8 Å². The van der Waals surface area contributed by atoms with Crippen LogP contribution in [-0.4, -0.2) is 46.7 Å². The van der Waals surface area contributed by atoms with E-state index in [4.69, 9.17) is 10.5 Å². The van der Waals surface area contributed by atoms with Crippen LogP contribution in [0.4, 0.5) is 18.9 Å². The fourth-order valence-corrected chi connectivity index (χ4v) is 3.43. The molecular formula is C26H29F3N4O6. The first-order valence-corrected chi connectivity index (χ1v) is 11.8. The van der Waals surface area contributed by atoms with Gasteiger partial charge >= 0.3 is 0 Å². The highest BCUT2D eigenvalue weighted by atomic mass is 19.2. The summed E-state index contributed by atoms with van der Waals surface area (Å²) in [7, 11) is 0. The van der Waals surface area contributed by atoms with Gasteiger partial charge in [0.15, 0.2) is 11.6 Å². The minimum absolute atomic E-state index is 0.0876. The maximum absolute atomic E-state index is 14.0. The number of carbonyl (C=O) groups excluding carboxylic acids is 2. The lowest BCUT2D eigenvalue weighted by Crippen LogP contribution is -2.33. The Morgan fingerprint density at radius 2 is 1.72 bits per heavy atom. The third kappa shape index (κ3) is 9.61. The second-order valence-electron chi connectivity index (χ2n) is 8.81. The molecule has 0 fully saturated rings. The second-order valence-corrected chi connectivity index (χ2v) is 8.81. The second kappa shape index (κ2) is 14.7. The van der Waals surface area contributed by atoms with Crippen molar-refractivity contribution in [2.45, 2.75) is 45.4 Å². The summed E-state index contributed by atoms with van der Waals surface area (Å²) in [4.78, 5) is 38.5. The van der Waals surface area contributed by atoms with E-state index in [1.54, 1.807) is 13.8 Å². The van der Waals surface area contributed by atoms with Gasteiger partial charge in [0.05, 0.1) is 24.3 Å². The van der Waals surface area contributed by atoms with Crippen LogP contribution in [-0.2, 0) is 20.9 Å². The highest BCUT2D eigenvalue weighted by Gasteiger charge is 2.24. The summed E-state index contributed by atoms with van der Waals surface area (Å²) >= 11 is 0. The van der Waals surface area contributed by atoms with Crippen LogP contribution in [0.15, 0.2) is 63.9 Å². The Bertz CT molecular complexity index is 1230. The molecule has 2 rings (SSSR count). The fourth-order valence-electron chi connectivity index (χ4n) is 3.43. The number of amides is 2. The van der Waals surface area contributed by atoms with Crippen molar-refractivity contribution in [2.24, 2.45) is 21.8 Å². The molecule has 13 heteroatoms. The highest BCUT2D eigenvalue weighted by molar-refractivity contribution is 6.05. The van der Waals surface area contributed by atoms with E-state index in [9.17, 15) is 37.9 Å². The van der Waals surface area contributed by atoms with Crippen LogP contribution in [0.25, 0.3) is 0 Å². The Balaban J connectivity index is 2.33. The number of aliphatic hydroxyl groups excluding tert-OH is 2. The fraction of sp³-hybridized carbons (Fsp3) is 0.346. The number of aliphatic imine (C=N–C) groups is 1. The maximum Gasteiger partial charge on any atom is 0.288 e. The van der Waals surface area contributed by atoms with Crippen molar-refractivity contribution < 1.29 is 37.7 Å². The lowest BCUT2D eigenvalue weighted by Gasteiger charge is -2.21. The number of nitrogens with zero attached hydrogens (tertiary/aromatic N) is 2. The van der Waals surface area contributed by atoms with Gasteiger partial charge in [-0.1, -0.05) is 26.0 Å². The van der Waals surface area contributed by atoms with E-state index in [1.807, 2.05) is 0 Å². The molecule has 0 saturated heterocycles. The van der Waals surface area contributed by atoms with E-state index in [1.165, 1.54) is 24.3 Å². The molecule has 0 saturated carbocycles. The number of benzene rings is 2. The number of carbonyl (C=O) groups is 2. The highest BCUT2D eigenvalue weighted by Crippen LogP contribution is 2.22. The molecule has 0 unspecified atom stereocenters. The van der Waals surface area contributed by atoms with Gasteiger partial charge in [-0.05, 0) is 36.2 Å². The van der Waals surface area contributed by atoms with Crippen molar-refractivity contribution >= 4 is 23.4 Å². The van der Waals surface area contributed by atoms with Crippen LogP contribution in [0.5, 0.6) is 0 Å². The molecule has 39 heavy (non-hydrogen) atoms. The van der Waals surface area contributed by atoms with Crippen molar-refractivity contribution in [3.05, 3.63) is 81.7 Å². The summed E-state index contributed by atoms with van der Waals surface area (Å²) in [6, 6.07) is 8.46. The molecular weight excluding hydrogens is 521 g/mol. The molecule has 0 aromatic heterocycles. The minimum Gasteiger partial charge on any atom is -0.475 e. The van der Waals surface area contributed by atoms with Crippen molar-refractivity contribution in [1.82, 2.24) is 5.32 Å². The van der Waals surface area contributed by atoms with E-state index in [0.717, 1.165) is 18.2 Å². The predicted octanol–water partition coefficient (Wildman–Crippen LogP) is 3.13. The monoisotopic (exact) mass is 550 g/mol. The van der Waals surface area contributed by atoms with E-state index < -0.39 is 60.4 Å². The van der Waals surface area contributed by atoms with Gasteiger partial charge < -0.3 is 26.0 Å². The van der Waals surface area contributed by atoms with Gasteiger partial charge in [0.1, 0.15) is 18.1 Å². The van der Waals surface area contributed by atoms with E-state index in [2.05, 4.69) is 15.5 Å². The zero-order valence-corrected chi connectivity index (χ0v) is 21.2. The Morgan fingerprint density at radius 3 is 2.33 bits per heavy atom. The van der Waals surface area contributed by atoms with Crippen molar-refractivity contribution in [1.29, 1.82) is 0 Å². The number of ether oxygens (including phenoxy) is 1. The summed E-state index contributed by atoms with van der Waals surface area (Å²) in [6.45, 7) is 2.50. The number of hydrogen-bond donors (Lipinski definition) is 4. The number of aliphatic hydroxyl groups is 2. The molecule has 2 aromatic rings. The van der Waals surface area contributed by atoms with Crippen LogP contribution < -0.4 is 11.1 Å². The molecule has 0 radical (unpaired) electrons. The van der Waals surface area contributed by atoms with Gasteiger partial charge in [0, 0.05) is 29.3 Å². The number of nitroso groups, excluding NO2 is 1. The summed E-state index contributed by atoms with van der Waals surface area (Å²) < 4.78 is 46.5. The molecule has 0 aliphatic rings. The van der Waals surface area contributed by atoms with Gasteiger partial charge in [-0.15, -0.1) is 4.91 Å². The first-order valence-electron chi connectivity index (χ1n) is 11.8. The predicted molar refractivity (Wildman–Crippen MR) is 136 cm³/mol.